The highest BCUT2D eigenvalue weighted by Crippen LogP contribution is 2.27. The fourth-order valence-corrected chi connectivity index (χ4v) is 2.29. The molecule has 2 fully saturated rings. The first kappa shape index (κ1) is 18.4. The van der Waals surface area contributed by atoms with E-state index in [-0.39, 0.29) is 37.1 Å². The zero-order chi connectivity index (χ0) is 12.4. The molecule has 6 nitrogen and oxygen atoms in total. The molecule has 0 aromatic rings. The maximum atomic E-state index is 11.9. The molecular weight excluding hydrogens is 291 g/mol. The number of primary amides is 1. The van der Waals surface area contributed by atoms with Gasteiger partial charge in [0.15, 0.2) is 0 Å². The Labute approximate surface area is 125 Å². The summed E-state index contributed by atoms with van der Waals surface area (Å²) < 4.78 is 0. The summed E-state index contributed by atoms with van der Waals surface area (Å²) in [5, 5.41) is 0. The van der Waals surface area contributed by atoms with Gasteiger partial charge in [0, 0.05) is 32.2 Å². The van der Waals surface area contributed by atoms with Crippen LogP contribution < -0.4 is 11.5 Å². The topological polar surface area (TPSA) is 92.7 Å². The van der Waals surface area contributed by atoms with Crippen molar-refractivity contribution in [2.24, 2.45) is 11.5 Å². The number of hydrogen-bond donors (Lipinski definition) is 2. The number of carbonyl (C=O) groups excluding carboxylic acids is 2. The lowest BCUT2D eigenvalue weighted by Gasteiger charge is -2.35. The number of halogens is 2. The summed E-state index contributed by atoms with van der Waals surface area (Å²) in [6, 6.07) is -0.0356. The summed E-state index contributed by atoms with van der Waals surface area (Å²) in [7, 11) is 0. The van der Waals surface area contributed by atoms with Crippen LogP contribution in [-0.4, -0.2) is 59.9 Å². The average molecular weight is 313 g/mol. The Morgan fingerprint density at radius 2 is 1.63 bits per heavy atom. The predicted molar refractivity (Wildman–Crippen MR) is 77.5 cm³/mol. The van der Waals surface area contributed by atoms with E-state index in [9.17, 15) is 9.59 Å². The Balaban J connectivity index is 0.00000162. The Bertz CT molecular complexity index is 318. The zero-order valence-corrected chi connectivity index (χ0v) is 12.4. The van der Waals surface area contributed by atoms with Gasteiger partial charge in [-0.2, -0.15) is 0 Å². The van der Waals surface area contributed by atoms with Gasteiger partial charge in [0.1, 0.15) is 0 Å². The third-order valence-corrected chi connectivity index (χ3v) is 3.43. The fourth-order valence-electron chi connectivity index (χ4n) is 2.29. The molecule has 2 aliphatic rings. The van der Waals surface area contributed by atoms with Crippen LogP contribution in [0.4, 0.5) is 0 Å². The first-order chi connectivity index (χ1) is 8.08. The molecule has 1 atom stereocenters. The Kier molecular flexibility index (Phi) is 7.66. The van der Waals surface area contributed by atoms with Gasteiger partial charge in [-0.05, 0) is 12.8 Å². The van der Waals surface area contributed by atoms with Crippen LogP contribution in [-0.2, 0) is 9.59 Å². The minimum atomic E-state index is -0.778. The van der Waals surface area contributed by atoms with Crippen LogP contribution >= 0.6 is 24.8 Å². The highest BCUT2D eigenvalue weighted by molar-refractivity contribution is 5.87. The minimum Gasteiger partial charge on any atom is -0.370 e. The van der Waals surface area contributed by atoms with Crippen LogP contribution in [0.15, 0.2) is 0 Å². The van der Waals surface area contributed by atoms with Crippen LogP contribution in [0.2, 0.25) is 0 Å². The van der Waals surface area contributed by atoms with Crippen LogP contribution in [0.25, 0.3) is 0 Å². The molecule has 0 radical (unpaired) electrons. The normalized spacial score (nSPS) is 21.0. The molecule has 19 heavy (non-hydrogen) atoms. The SMILES string of the molecule is Cl.Cl.NC(=O)CC(N)C(=O)N1CCN(C2CC2)CC1. The maximum Gasteiger partial charge on any atom is 0.240 e. The van der Waals surface area contributed by atoms with Crippen molar-refractivity contribution in [1.29, 1.82) is 0 Å². The number of rotatable bonds is 4. The molecule has 0 aromatic heterocycles. The van der Waals surface area contributed by atoms with E-state index in [1.165, 1.54) is 12.8 Å². The second kappa shape index (κ2) is 7.89. The highest BCUT2D eigenvalue weighted by Gasteiger charge is 2.33. The average Bonchev–Trinajstić information content (AvgIpc) is 3.11. The monoisotopic (exact) mass is 312 g/mol. The van der Waals surface area contributed by atoms with Gasteiger partial charge in [-0.25, -0.2) is 0 Å². The van der Waals surface area contributed by atoms with E-state index >= 15 is 0 Å². The molecule has 1 saturated carbocycles. The van der Waals surface area contributed by atoms with Crippen molar-refractivity contribution in [3.05, 3.63) is 0 Å². The minimum absolute atomic E-state index is 0. The van der Waals surface area contributed by atoms with E-state index in [1.807, 2.05) is 0 Å². The Hall–Kier alpha value is -0.560. The first-order valence-corrected chi connectivity index (χ1v) is 6.14. The molecular formula is C11H22Cl2N4O2. The highest BCUT2D eigenvalue weighted by atomic mass is 35.5. The van der Waals surface area contributed by atoms with Gasteiger partial charge in [0.25, 0.3) is 0 Å². The summed E-state index contributed by atoms with van der Waals surface area (Å²) >= 11 is 0. The lowest BCUT2D eigenvalue weighted by Crippen LogP contribution is -2.54. The van der Waals surface area contributed by atoms with Crippen LogP contribution in [0.3, 0.4) is 0 Å². The molecule has 1 saturated heterocycles. The van der Waals surface area contributed by atoms with E-state index in [1.54, 1.807) is 4.90 Å². The lowest BCUT2D eigenvalue weighted by molar-refractivity contribution is -0.136. The number of piperazine rings is 1. The number of nitrogens with two attached hydrogens (primary N) is 2. The molecule has 1 unspecified atom stereocenters. The molecule has 0 spiro atoms. The van der Waals surface area contributed by atoms with Gasteiger partial charge in [-0.3, -0.25) is 14.5 Å². The number of nitrogens with zero attached hydrogens (tertiary/aromatic N) is 2. The summed E-state index contributed by atoms with van der Waals surface area (Å²) in [4.78, 5) is 26.8. The van der Waals surface area contributed by atoms with E-state index in [0.717, 1.165) is 19.1 Å². The smallest absolute Gasteiger partial charge is 0.240 e. The number of hydrogen-bond acceptors (Lipinski definition) is 4. The third-order valence-electron chi connectivity index (χ3n) is 3.43. The molecule has 1 heterocycles. The maximum absolute atomic E-state index is 11.9. The third kappa shape index (κ3) is 5.14. The van der Waals surface area contributed by atoms with Gasteiger partial charge in [0.05, 0.1) is 12.5 Å². The Morgan fingerprint density at radius 1 is 1.11 bits per heavy atom. The molecule has 8 heteroatoms. The van der Waals surface area contributed by atoms with Gasteiger partial charge in [-0.1, -0.05) is 0 Å². The second-order valence-electron chi connectivity index (χ2n) is 4.87. The van der Waals surface area contributed by atoms with Crippen molar-refractivity contribution in [2.45, 2.75) is 31.3 Å². The summed E-state index contributed by atoms with van der Waals surface area (Å²) in [6.07, 6.45) is 2.51. The molecule has 1 aliphatic carbocycles. The van der Waals surface area contributed by atoms with E-state index in [0.29, 0.717) is 13.1 Å². The van der Waals surface area contributed by atoms with Crippen LogP contribution in [0.5, 0.6) is 0 Å². The molecule has 2 amide bonds. The van der Waals surface area contributed by atoms with E-state index < -0.39 is 11.9 Å². The van der Waals surface area contributed by atoms with Crippen molar-refractivity contribution >= 4 is 36.6 Å². The van der Waals surface area contributed by atoms with E-state index in [4.69, 9.17) is 11.5 Å². The van der Waals surface area contributed by atoms with Crippen LogP contribution in [0.1, 0.15) is 19.3 Å². The molecule has 4 N–H and O–H groups in total. The van der Waals surface area contributed by atoms with Crippen molar-refractivity contribution in [1.82, 2.24) is 9.80 Å². The second-order valence-corrected chi connectivity index (χ2v) is 4.87. The van der Waals surface area contributed by atoms with Crippen molar-refractivity contribution in [3.8, 4) is 0 Å². The summed E-state index contributed by atoms with van der Waals surface area (Å²) in [6.45, 7) is 3.25. The fraction of sp³-hybridized carbons (Fsp3) is 0.818. The molecule has 1 aliphatic heterocycles. The van der Waals surface area contributed by atoms with E-state index in [2.05, 4.69) is 4.90 Å². The van der Waals surface area contributed by atoms with Gasteiger partial charge in [-0.15, -0.1) is 24.8 Å². The van der Waals surface area contributed by atoms with Gasteiger partial charge < -0.3 is 16.4 Å². The number of carbonyl (C=O) groups is 2. The standard InChI is InChI=1S/C11H20N4O2.2ClH/c12-9(7-10(13)16)11(17)15-5-3-14(4-6-15)8-1-2-8;;/h8-9H,1-7,12H2,(H2,13,16);2*1H. The summed E-state index contributed by atoms with van der Waals surface area (Å²) in [5.41, 5.74) is 10.7. The van der Waals surface area contributed by atoms with Crippen molar-refractivity contribution in [3.63, 3.8) is 0 Å². The predicted octanol–water partition coefficient (Wildman–Crippen LogP) is -0.661. The van der Waals surface area contributed by atoms with Gasteiger partial charge >= 0.3 is 0 Å². The zero-order valence-electron chi connectivity index (χ0n) is 10.8. The van der Waals surface area contributed by atoms with Gasteiger partial charge in [0.2, 0.25) is 11.8 Å². The van der Waals surface area contributed by atoms with Crippen molar-refractivity contribution < 1.29 is 9.59 Å². The quantitative estimate of drug-likeness (QED) is 0.720. The molecule has 112 valence electrons. The lowest BCUT2D eigenvalue weighted by atomic mass is 10.1. The Morgan fingerprint density at radius 3 is 2.05 bits per heavy atom. The van der Waals surface area contributed by atoms with Crippen molar-refractivity contribution in [2.75, 3.05) is 26.2 Å². The summed E-state index contributed by atoms with van der Waals surface area (Å²) in [5.74, 6) is -0.679. The molecule has 2 rings (SSSR count). The molecule has 0 aromatic carbocycles. The number of amides is 2. The first-order valence-electron chi connectivity index (χ1n) is 6.14. The van der Waals surface area contributed by atoms with Crippen LogP contribution in [0, 0.1) is 0 Å². The molecule has 0 bridgehead atoms. The largest absolute Gasteiger partial charge is 0.370 e.